The zero-order valence-corrected chi connectivity index (χ0v) is 19.9. The van der Waals surface area contributed by atoms with Gasteiger partial charge in [0.1, 0.15) is 0 Å². The summed E-state index contributed by atoms with van der Waals surface area (Å²) in [4.78, 5) is 28.6. The first kappa shape index (κ1) is 24.1. The van der Waals surface area contributed by atoms with E-state index in [4.69, 9.17) is 16.3 Å². The van der Waals surface area contributed by atoms with Crippen LogP contribution in [0.25, 0.3) is 10.2 Å². The van der Waals surface area contributed by atoms with Crippen molar-refractivity contribution in [1.82, 2.24) is 9.29 Å². The molecule has 32 heavy (non-hydrogen) atoms. The van der Waals surface area contributed by atoms with Gasteiger partial charge in [-0.15, -0.1) is 11.3 Å². The third-order valence-electron chi connectivity index (χ3n) is 4.46. The number of nitrogens with one attached hydrogen (secondary N) is 1. The van der Waals surface area contributed by atoms with Crippen molar-refractivity contribution in [2.24, 2.45) is 0 Å². The molecule has 8 nitrogen and oxygen atoms in total. The molecule has 1 aromatic heterocycles. The molecule has 0 aliphatic rings. The number of para-hydroxylation sites is 1. The number of halogens is 1. The van der Waals surface area contributed by atoms with Gasteiger partial charge in [0.2, 0.25) is 10.0 Å². The Morgan fingerprint density at radius 2 is 1.94 bits per heavy atom. The number of nitrogens with zero attached hydrogens (tertiary/aromatic N) is 2. The van der Waals surface area contributed by atoms with Gasteiger partial charge in [0, 0.05) is 20.5 Å². The Balaban J connectivity index is 1.47. The average molecular weight is 496 g/mol. The Bertz CT molecular complexity index is 1210. The maximum Gasteiger partial charge on any atom is 0.306 e. The molecule has 0 saturated heterocycles. The van der Waals surface area contributed by atoms with Crippen molar-refractivity contribution >= 4 is 60.7 Å². The van der Waals surface area contributed by atoms with Gasteiger partial charge in [0.15, 0.2) is 6.61 Å². The van der Waals surface area contributed by atoms with E-state index in [1.165, 1.54) is 32.3 Å². The highest BCUT2D eigenvalue weighted by Crippen LogP contribution is 2.26. The highest BCUT2D eigenvalue weighted by atomic mass is 35.5. The fourth-order valence-electron chi connectivity index (χ4n) is 2.79. The largest absolute Gasteiger partial charge is 0.456 e. The topological polar surface area (TPSA) is 106 Å². The molecule has 3 rings (SSSR count). The number of ether oxygens (including phenoxy) is 1. The standard InChI is InChI=1S/C21H22ClN3O5S2/c1-25(2)32(28,29)14-10-11-15(22)17(12-14)23-19(26)13-30-21(27)9-5-8-20-24-16-6-3-4-7-18(16)31-20/h3-4,6-7,10-12H,5,8-9,13H2,1-2H3,(H,23,26). The van der Waals surface area contributed by atoms with Gasteiger partial charge in [0.05, 0.1) is 30.8 Å². The first-order valence-corrected chi connectivity index (χ1v) is 12.3. The molecule has 1 heterocycles. The number of esters is 1. The van der Waals surface area contributed by atoms with Crippen LogP contribution in [0.1, 0.15) is 17.8 Å². The summed E-state index contributed by atoms with van der Waals surface area (Å²) in [6.45, 7) is -0.499. The summed E-state index contributed by atoms with van der Waals surface area (Å²) in [6, 6.07) is 11.8. The summed E-state index contributed by atoms with van der Waals surface area (Å²) in [6.07, 6.45) is 1.35. The SMILES string of the molecule is CN(C)S(=O)(=O)c1ccc(Cl)c(NC(=O)COC(=O)CCCc2nc3ccccc3s2)c1. The number of sulfonamides is 1. The minimum absolute atomic E-state index is 0.0194. The van der Waals surface area contributed by atoms with Crippen LogP contribution in [-0.4, -0.2) is 50.3 Å². The number of aryl methyl sites for hydroxylation is 1. The smallest absolute Gasteiger partial charge is 0.306 e. The number of benzene rings is 2. The molecular weight excluding hydrogens is 474 g/mol. The van der Waals surface area contributed by atoms with Gasteiger partial charge in [0.25, 0.3) is 5.91 Å². The van der Waals surface area contributed by atoms with Gasteiger partial charge in [-0.25, -0.2) is 17.7 Å². The minimum atomic E-state index is -3.69. The molecule has 1 amide bonds. The first-order valence-electron chi connectivity index (χ1n) is 9.69. The summed E-state index contributed by atoms with van der Waals surface area (Å²) in [5.74, 6) is -1.12. The van der Waals surface area contributed by atoms with Gasteiger partial charge in [-0.2, -0.15) is 0 Å². The molecule has 0 atom stereocenters. The quantitative estimate of drug-likeness (QED) is 0.454. The molecule has 0 spiro atoms. The number of anilines is 1. The van der Waals surface area contributed by atoms with Crippen molar-refractivity contribution in [2.75, 3.05) is 26.0 Å². The number of hydrogen-bond donors (Lipinski definition) is 1. The highest BCUT2D eigenvalue weighted by molar-refractivity contribution is 7.89. The van der Waals surface area contributed by atoms with E-state index in [0.717, 1.165) is 19.5 Å². The normalized spacial score (nSPS) is 11.6. The molecule has 2 aromatic carbocycles. The van der Waals surface area contributed by atoms with E-state index in [0.29, 0.717) is 12.8 Å². The molecule has 0 fully saturated rings. The predicted octanol–water partition coefficient (Wildman–Crippen LogP) is 3.70. The highest BCUT2D eigenvalue weighted by Gasteiger charge is 2.19. The minimum Gasteiger partial charge on any atom is -0.456 e. The third-order valence-corrected chi connectivity index (χ3v) is 7.70. The molecule has 0 aliphatic heterocycles. The van der Waals surface area contributed by atoms with Crippen molar-refractivity contribution in [1.29, 1.82) is 0 Å². The number of carbonyl (C=O) groups is 2. The lowest BCUT2D eigenvalue weighted by Crippen LogP contribution is -2.23. The zero-order valence-electron chi connectivity index (χ0n) is 17.5. The van der Waals surface area contributed by atoms with Crippen molar-refractivity contribution in [3.8, 4) is 0 Å². The van der Waals surface area contributed by atoms with Gasteiger partial charge >= 0.3 is 5.97 Å². The predicted molar refractivity (Wildman–Crippen MR) is 124 cm³/mol. The van der Waals surface area contributed by atoms with E-state index in [9.17, 15) is 18.0 Å². The van der Waals surface area contributed by atoms with Crippen LogP contribution in [0, 0.1) is 0 Å². The summed E-state index contributed by atoms with van der Waals surface area (Å²) in [7, 11) is -0.883. The summed E-state index contributed by atoms with van der Waals surface area (Å²) in [5, 5.41) is 3.58. The van der Waals surface area contributed by atoms with E-state index < -0.39 is 28.5 Å². The first-order chi connectivity index (χ1) is 15.2. The maximum atomic E-state index is 12.2. The van der Waals surface area contributed by atoms with E-state index in [1.807, 2.05) is 24.3 Å². The molecule has 3 aromatic rings. The van der Waals surface area contributed by atoms with E-state index in [1.54, 1.807) is 11.3 Å². The number of rotatable bonds is 9. The number of hydrogen-bond acceptors (Lipinski definition) is 7. The van der Waals surface area contributed by atoms with Gasteiger partial charge in [-0.05, 0) is 43.2 Å². The Morgan fingerprint density at radius 3 is 2.66 bits per heavy atom. The number of carbonyl (C=O) groups excluding carboxylic acids is 2. The monoisotopic (exact) mass is 495 g/mol. The second kappa shape index (κ2) is 10.4. The van der Waals surface area contributed by atoms with Gasteiger partial charge < -0.3 is 10.1 Å². The lowest BCUT2D eigenvalue weighted by Gasteiger charge is -2.14. The van der Waals surface area contributed by atoms with E-state index >= 15 is 0 Å². The number of thiazole rings is 1. The van der Waals surface area contributed by atoms with Gasteiger partial charge in [-0.1, -0.05) is 23.7 Å². The van der Waals surface area contributed by atoms with Crippen LogP contribution < -0.4 is 5.32 Å². The van der Waals surface area contributed by atoms with E-state index in [-0.39, 0.29) is 22.0 Å². The molecule has 0 unspecified atom stereocenters. The van der Waals surface area contributed by atoms with Gasteiger partial charge in [-0.3, -0.25) is 9.59 Å². The van der Waals surface area contributed by atoms with Crippen LogP contribution in [0.3, 0.4) is 0 Å². The Morgan fingerprint density at radius 1 is 1.19 bits per heavy atom. The molecule has 0 radical (unpaired) electrons. The van der Waals surface area contributed by atoms with Crippen LogP contribution in [0.2, 0.25) is 5.02 Å². The zero-order chi connectivity index (χ0) is 23.3. The van der Waals surface area contributed by atoms with Crippen molar-refractivity contribution in [3.63, 3.8) is 0 Å². The summed E-state index contributed by atoms with van der Waals surface area (Å²) in [5.41, 5.74) is 1.05. The Hall–Kier alpha value is -2.53. The van der Waals surface area contributed by atoms with Crippen molar-refractivity contribution in [3.05, 3.63) is 52.5 Å². The van der Waals surface area contributed by atoms with Crippen molar-refractivity contribution in [2.45, 2.75) is 24.2 Å². The fraction of sp³-hybridized carbons (Fsp3) is 0.286. The molecule has 0 aliphatic carbocycles. The van der Waals surface area contributed by atoms with Crippen LogP contribution >= 0.6 is 22.9 Å². The molecule has 170 valence electrons. The number of amides is 1. The maximum absolute atomic E-state index is 12.2. The molecule has 0 bridgehead atoms. The molecule has 0 saturated carbocycles. The molecule has 11 heteroatoms. The van der Waals surface area contributed by atoms with Crippen LogP contribution in [-0.2, 0) is 30.8 Å². The lowest BCUT2D eigenvalue weighted by atomic mass is 10.2. The molecular formula is C21H22ClN3O5S2. The van der Waals surface area contributed by atoms with Crippen molar-refractivity contribution < 1.29 is 22.7 Å². The second-order valence-electron chi connectivity index (χ2n) is 7.07. The van der Waals surface area contributed by atoms with Crippen LogP contribution in [0.4, 0.5) is 5.69 Å². The van der Waals surface area contributed by atoms with Crippen LogP contribution in [0.5, 0.6) is 0 Å². The Labute approximate surface area is 195 Å². The average Bonchev–Trinajstić information content (AvgIpc) is 3.16. The molecule has 1 N–H and O–H groups in total. The van der Waals surface area contributed by atoms with Crippen LogP contribution in [0.15, 0.2) is 47.4 Å². The summed E-state index contributed by atoms with van der Waals surface area (Å²) < 4.78 is 31.7. The van der Waals surface area contributed by atoms with E-state index in [2.05, 4.69) is 10.3 Å². The lowest BCUT2D eigenvalue weighted by molar-refractivity contribution is -0.147. The third kappa shape index (κ3) is 6.04. The number of aromatic nitrogens is 1. The second-order valence-corrected chi connectivity index (χ2v) is 10.7. The fourth-order valence-corrected chi connectivity index (χ4v) is 4.89. The Kier molecular flexibility index (Phi) is 7.83. The summed E-state index contributed by atoms with van der Waals surface area (Å²) >= 11 is 7.64. The number of fused-ring (bicyclic) bond motifs is 1.